The van der Waals surface area contributed by atoms with E-state index in [4.69, 9.17) is 0 Å². The summed E-state index contributed by atoms with van der Waals surface area (Å²) in [4.78, 5) is 63.6. The van der Waals surface area contributed by atoms with Crippen LogP contribution in [0.3, 0.4) is 0 Å². The fourth-order valence-electron chi connectivity index (χ4n) is 2.36. The summed E-state index contributed by atoms with van der Waals surface area (Å²) in [6.45, 7) is -0.768. The second kappa shape index (κ2) is 4.62. The molecular weight excluding hydrogens is 298 g/mol. The fraction of sp³-hybridized carbons (Fsp3) is 0.167. The highest BCUT2D eigenvalue weighted by Gasteiger charge is 2.16. The van der Waals surface area contributed by atoms with E-state index in [1.165, 1.54) is 12.1 Å². The highest BCUT2D eigenvalue weighted by atomic mass is 16.9. The van der Waals surface area contributed by atoms with Crippen LogP contribution >= 0.6 is 0 Å². The van der Waals surface area contributed by atoms with Crippen LogP contribution in [0.15, 0.2) is 31.3 Å². The summed E-state index contributed by atoms with van der Waals surface area (Å²) in [5.41, 5.74) is -2.67. The topological polar surface area (TPSA) is 141 Å². The van der Waals surface area contributed by atoms with E-state index in [-0.39, 0.29) is 28.1 Å². The SMILES string of the molecule is O=c1[nH]c(=O)c2cc3c(=O)n(CCO[N+](=O)[O-])c(=O)c3cc12. The molecule has 2 aromatic heterocycles. The third-order valence-electron chi connectivity index (χ3n) is 3.34. The lowest BCUT2D eigenvalue weighted by Gasteiger charge is -1.98. The maximum atomic E-state index is 12.1. The molecule has 2 heterocycles. The third-order valence-corrected chi connectivity index (χ3v) is 3.34. The minimum atomic E-state index is -1.03. The summed E-state index contributed by atoms with van der Waals surface area (Å²) in [6, 6.07) is 2.36. The Bertz CT molecular complexity index is 1040. The zero-order valence-electron chi connectivity index (χ0n) is 10.8. The first kappa shape index (κ1) is 13.7. The van der Waals surface area contributed by atoms with E-state index in [0.717, 1.165) is 4.57 Å². The van der Waals surface area contributed by atoms with E-state index in [2.05, 4.69) is 9.82 Å². The van der Waals surface area contributed by atoms with Gasteiger partial charge in [0.25, 0.3) is 27.3 Å². The van der Waals surface area contributed by atoms with Gasteiger partial charge in [0.15, 0.2) is 0 Å². The van der Waals surface area contributed by atoms with Crippen LogP contribution in [0.1, 0.15) is 0 Å². The van der Waals surface area contributed by atoms with Gasteiger partial charge in [-0.1, -0.05) is 0 Å². The second-order valence-corrected chi connectivity index (χ2v) is 4.55. The maximum absolute atomic E-state index is 12.1. The smallest absolute Gasteiger partial charge is 0.294 e. The molecule has 10 nitrogen and oxygen atoms in total. The highest BCUT2D eigenvalue weighted by molar-refractivity contribution is 5.97. The molecule has 3 rings (SSSR count). The van der Waals surface area contributed by atoms with Crippen molar-refractivity contribution in [3.05, 3.63) is 63.7 Å². The normalized spacial score (nSPS) is 11.3. The van der Waals surface area contributed by atoms with Crippen LogP contribution in [0.2, 0.25) is 0 Å². The van der Waals surface area contributed by atoms with Gasteiger partial charge in [-0.25, -0.2) is 0 Å². The summed E-state index contributed by atoms with van der Waals surface area (Å²) in [5.74, 6) is 0. The monoisotopic (exact) mass is 305 g/mol. The molecule has 0 fully saturated rings. The van der Waals surface area contributed by atoms with Crippen LogP contribution in [0, 0.1) is 10.1 Å². The Kier molecular flexibility index (Phi) is 2.87. The molecular formula is C12H7N3O7. The van der Waals surface area contributed by atoms with Crippen molar-refractivity contribution in [2.24, 2.45) is 0 Å². The Morgan fingerprint density at radius 2 is 1.50 bits per heavy atom. The summed E-state index contributed by atoms with van der Waals surface area (Å²) < 4.78 is 0.770. The van der Waals surface area contributed by atoms with Gasteiger partial charge in [-0.05, 0) is 12.1 Å². The van der Waals surface area contributed by atoms with Crippen molar-refractivity contribution in [3.8, 4) is 0 Å². The van der Waals surface area contributed by atoms with Crippen LogP contribution in [0.4, 0.5) is 0 Å². The van der Waals surface area contributed by atoms with Gasteiger partial charge in [0.1, 0.15) is 6.61 Å². The molecule has 0 amide bonds. The summed E-state index contributed by atoms with van der Waals surface area (Å²) in [7, 11) is 0. The number of hydrogen-bond acceptors (Lipinski definition) is 7. The van der Waals surface area contributed by atoms with Crippen LogP contribution < -0.4 is 22.2 Å². The lowest BCUT2D eigenvalue weighted by atomic mass is 10.1. The Balaban J connectivity index is 2.22. The van der Waals surface area contributed by atoms with Crippen molar-refractivity contribution in [3.63, 3.8) is 0 Å². The first-order valence-electron chi connectivity index (χ1n) is 6.07. The first-order chi connectivity index (χ1) is 10.4. The molecule has 3 aromatic rings. The molecule has 22 heavy (non-hydrogen) atoms. The summed E-state index contributed by atoms with van der Waals surface area (Å²) in [5, 5.41) is 9.05. The quantitative estimate of drug-likeness (QED) is 0.463. The second-order valence-electron chi connectivity index (χ2n) is 4.55. The number of hydrogen-bond donors (Lipinski definition) is 1. The molecule has 0 aliphatic carbocycles. The van der Waals surface area contributed by atoms with Crippen molar-refractivity contribution in [1.29, 1.82) is 0 Å². The zero-order chi connectivity index (χ0) is 16.0. The molecule has 112 valence electrons. The van der Waals surface area contributed by atoms with Gasteiger partial charge in [0.05, 0.1) is 28.1 Å². The van der Waals surface area contributed by atoms with Gasteiger partial charge >= 0.3 is 0 Å². The number of nitrogens with zero attached hydrogens (tertiary/aromatic N) is 2. The standard InChI is InChI=1S/C12H7N3O7/c16-9-5-3-7-8(4-6(5)10(17)13-9)12(19)14(11(7)18)1-2-22-15(20)21/h3-4H,1-2H2,(H,13,16,17). The van der Waals surface area contributed by atoms with Gasteiger partial charge in [-0.15, -0.1) is 10.1 Å². The zero-order valence-corrected chi connectivity index (χ0v) is 10.8. The van der Waals surface area contributed by atoms with E-state index < -0.39 is 33.9 Å². The largest absolute Gasteiger partial charge is 0.312 e. The van der Waals surface area contributed by atoms with Gasteiger partial charge in [0.2, 0.25) is 0 Å². The molecule has 0 radical (unpaired) electrons. The van der Waals surface area contributed by atoms with Crippen molar-refractivity contribution < 1.29 is 9.92 Å². The fourth-order valence-corrected chi connectivity index (χ4v) is 2.36. The number of nitrogens with one attached hydrogen (secondary N) is 1. The molecule has 0 aliphatic heterocycles. The molecule has 0 saturated carbocycles. The molecule has 1 N–H and O–H groups in total. The summed E-state index contributed by atoms with van der Waals surface area (Å²) in [6.07, 6.45) is 0. The Labute approximate surface area is 119 Å². The number of fused-ring (bicyclic) bond motifs is 2. The van der Waals surface area contributed by atoms with Gasteiger partial charge < -0.3 is 4.84 Å². The maximum Gasteiger partial charge on any atom is 0.294 e. The Morgan fingerprint density at radius 1 is 1.00 bits per heavy atom. The lowest BCUT2D eigenvalue weighted by molar-refractivity contribution is -0.758. The number of benzene rings is 1. The number of rotatable bonds is 4. The van der Waals surface area contributed by atoms with Crippen molar-refractivity contribution >= 4 is 21.5 Å². The predicted molar refractivity (Wildman–Crippen MR) is 74.2 cm³/mol. The van der Waals surface area contributed by atoms with Gasteiger partial charge in [-0.2, -0.15) is 0 Å². The lowest BCUT2D eigenvalue weighted by Crippen LogP contribution is -2.28. The average Bonchev–Trinajstić information content (AvgIpc) is 2.87. The molecule has 0 saturated heterocycles. The van der Waals surface area contributed by atoms with E-state index in [1.807, 2.05) is 0 Å². The Hall–Kier alpha value is -3.30. The van der Waals surface area contributed by atoms with Crippen LogP contribution in [0.25, 0.3) is 21.5 Å². The van der Waals surface area contributed by atoms with Gasteiger partial charge in [-0.3, -0.25) is 28.7 Å². The molecule has 0 aliphatic rings. The summed E-state index contributed by atoms with van der Waals surface area (Å²) >= 11 is 0. The molecule has 0 bridgehead atoms. The van der Waals surface area contributed by atoms with Crippen LogP contribution in [-0.2, 0) is 11.4 Å². The van der Waals surface area contributed by atoms with E-state index >= 15 is 0 Å². The molecule has 10 heteroatoms. The van der Waals surface area contributed by atoms with Crippen molar-refractivity contribution in [1.82, 2.24) is 9.55 Å². The number of aromatic nitrogens is 2. The van der Waals surface area contributed by atoms with E-state index in [9.17, 15) is 29.3 Å². The van der Waals surface area contributed by atoms with Crippen LogP contribution in [-0.4, -0.2) is 21.2 Å². The minimum absolute atomic E-state index is 0.0188. The van der Waals surface area contributed by atoms with E-state index in [0.29, 0.717) is 0 Å². The molecule has 0 spiro atoms. The molecule has 1 aromatic carbocycles. The molecule has 0 unspecified atom stereocenters. The predicted octanol–water partition coefficient (Wildman–Crippen LogP) is -1.35. The van der Waals surface area contributed by atoms with Gasteiger partial charge in [0, 0.05) is 0 Å². The average molecular weight is 305 g/mol. The van der Waals surface area contributed by atoms with Crippen molar-refractivity contribution in [2.75, 3.05) is 6.61 Å². The number of aromatic amines is 1. The molecule has 0 atom stereocenters. The van der Waals surface area contributed by atoms with E-state index in [1.54, 1.807) is 0 Å². The highest BCUT2D eigenvalue weighted by Crippen LogP contribution is 2.13. The Morgan fingerprint density at radius 3 is 1.95 bits per heavy atom. The third kappa shape index (κ3) is 1.89. The minimum Gasteiger partial charge on any atom is -0.312 e. The van der Waals surface area contributed by atoms with Crippen LogP contribution in [0.5, 0.6) is 0 Å². The van der Waals surface area contributed by atoms with Crippen molar-refractivity contribution in [2.45, 2.75) is 6.54 Å². The first-order valence-corrected chi connectivity index (χ1v) is 6.07. The number of H-pyrrole nitrogens is 1.